The molecule has 0 aromatic heterocycles. The molecule has 0 spiro atoms. The highest BCUT2D eigenvalue weighted by Crippen LogP contribution is 2.08. The molecule has 0 radical (unpaired) electrons. The molecule has 1 unspecified atom stereocenters. The summed E-state index contributed by atoms with van der Waals surface area (Å²) >= 11 is 0. The fraction of sp³-hybridized carbons (Fsp3) is 0.462. The minimum Gasteiger partial charge on any atom is -0.352 e. The maximum Gasteiger partial charge on any atom is 0.221 e. The summed E-state index contributed by atoms with van der Waals surface area (Å²) in [6.07, 6.45) is 1.97. The number of nitrogens with one attached hydrogen (secondary N) is 1. The molecular weight excluding hydrogens is 238 g/mol. The summed E-state index contributed by atoms with van der Waals surface area (Å²) in [5.41, 5.74) is 6.25. The molecule has 0 saturated heterocycles. The quantitative estimate of drug-likeness (QED) is 0.819. The molecule has 5 heteroatoms. The predicted octanol–water partition coefficient (Wildman–Crippen LogP) is 2.10. The highest BCUT2D eigenvalue weighted by atomic mass is 19.2. The average Bonchev–Trinajstić information content (AvgIpc) is 2.31. The maximum atomic E-state index is 12.9. The summed E-state index contributed by atoms with van der Waals surface area (Å²) < 4.78 is 25.6. The standard InChI is InChI=1S/C13H18F2N2O/c1-2-3-10(16)7-13(18)17-8-9-4-5-11(14)12(15)6-9/h4-6,10H,2-3,7-8,16H2,1H3,(H,17,18). The van der Waals surface area contributed by atoms with Gasteiger partial charge in [-0.1, -0.05) is 19.4 Å². The van der Waals surface area contributed by atoms with Crippen molar-refractivity contribution in [3.63, 3.8) is 0 Å². The Bertz CT molecular complexity index is 410. The highest BCUT2D eigenvalue weighted by Gasteiger charge is 2.09. The van der Waals surface area contributed by atoms with E-state index in [-0.39, 0.29) is 24.9 Å². The van der Waals surface area contributed by atoms with E-state index in [0.717, 1.165) is 25.0 Å². The molecule has 0 heterocycles. The molecule has 18 heavy (non-hydrogen) atoms. The molecule has 0 aliphatic heterocycles. The van der Waals surface area contributed by atoms with E-state index in [0.29, 0.717) is 5.56 Å². The Morgan fingerprint density at radius 3 is 2.72 bits per heavy atom. The molecule has 0 fully saturated rings. The van der Waals surface area contributed by atoms with E-state index in [1.54, 1.807) is 0 Å². The van der Waals surface area contributed by atoms with Crippen molar-refractivity contribution in [1.82, 2.24) is 5.32 Å². The molecule has 1 aromatic carbocycles. The van der Waals surface area contributed by atoms with Gasteiger partial charge in [0, 0.05) is 19.0 Å². The van der Waals surface area contributed by atoms with Crippen LogP contribution >= 0.6 is 0 Å². The van der Waals surface area contributed by atoms with Crippen LogP contribution in [-0.2, 0) is 11.3 Å². The molecule has 100 valence electrons. The number of rotatable bonds is 6. The van der Waals surface area contributed by atoms with Crippen LogP contribution in [0.15, 0.2) is 18.2 Å². The minimum absolute atomic E-state index is 0.153. The Kier molecular flexibility index (Phi) is 5.71. The fourth-order valence-electron chi connectivity index (χ4n) is 1.63. The number of hydrogen-bond donors (Lipinski definition) is 2. The topological polar surface area (TPSA) is 55.1 Å². The van der Waals surface area contributed by atoms with Gasteiger partial charge in [-0.2, -0.15) is 0 Å². The van der Waals surface area contributed by atoms with Crippen LogP contribution in [0.2, 0.25) is 0 Å². The monoisotopic (exact) mass is 256 g/mol. The van der Waals surface area contributed by atoms with Crippen LogP contribution < -0.4 is 11.1 Å². The molecule has 0 saturated carbocycles. The predicted molar refractivity (Wildman–Crippen MR) is 65.7 cm³/mol. The first-order valence-corrected chi connectivity index (χ1v) is 5.99. The van der Waals surface area contributed by atoms with E-state index in [9.17, 15) is 13.6 Å². The molecule has 0 aliphatic rings. The van der Waals surface area contributed by atoms with Crippen LogP contribution in [0.1, 0.15) is 31.7 Å². The number of benzene rings is 1. The Morgan fingerprint density at radius 2 is 2.11 bits per heavy atom. The van der Waals surface area contributed by atoms with Gasteiger partial charge in [-0.15, -0.1) is 0 Å². The van der Waals surface area contributed by atoms with E-state index in [1.807, 2.05) is 6.92 Å². The third kappa shape index (κ3) is 4.79. The number of halogens is 2. The number of amides is 1. The van der Waals surface area contributed by atoms with Crippen molar-refractivity contribution < 1.29 is 13.6 Å². The van der Waals surface area contributed by atoms with E-state index >= 15 is 0 Å². The van der Waals surface area contributed by atoms with Crippen LogP contribution in [-0.4, -0.2) is 11.9 Å². The first-order chi connectivity index (χ1) is 8.52. The molecular formula is C13H18F2N2O. The van der Waals surface area contributed by atoms with Gasteiger partial charge >= 0.3 is 0 Å². The van der Waals surface area contributed by atoms with Crippen molar-refractivity contribution in [2.45, 2.75) is 38.8 Å². The summed E-state index contributed by atoms with van der Waals surface area (Å²) in [6.45, 7) is 2.17. The van der Waals surface area contributed by atoms with E-state index in [4.69, 9.17) is 5.73 Å². The Hall–Kier alpha value is -1.49. The van der Waals surface area contributed by atoms with E-state index in [2.05, 4.69) is 5.32 Å². The lowest BCUT2D eigenvalue weighted by Gasteiger charge is -2.10. The average molecular weight is 256 g/mol. The smallest absolute Gasteiger partial charge is 0.221 e. The van der Waals surface area contributed by atoms with Gasteiger partial charge in [-0.05, 0) is 24.1 Å². The molecule has 0 bridgehead atoms. The van der Waals surface area contributed by atoms with Crippen molar-refractivity contribution in [3.05, 3.63) is 35.4 Å². The van der Waals surface area contributed by atoms with Crippen LogP contribution in [0, 0.1) is 11.6 Å². The highest BCUT2D eigenvalue weighted by molar-refractivity contribution is 5.76. The number of carbonyl (C=O) groups is 1. The van der Waals surface area contributed by atoms with E-state index in [1.165, 1.54) is 6.07 Å². The minimum atomic E-state index is -0.913. The van der Waals surface area contributed by atoms with Crippen molar-refractivity contribution in [2.75, 3.05) is 0 Å². The second-order valence-corrected chi connectivity index (χ2v) is 4.28. The van der Waals surface area contributed by atoms with Gasteiger partial charge in [0.2, 0.25) is 5.91 Å². The second-order valence-electron chi connectivity index (χ2n) is 4.28. The third-order valence-corrected chi connectivity index (χ3v) is 2.58. The zero-order valence-corrected chi connectivity index (χ0v) is 10.4. The van der Waals surface area contributed by atoms with Gasteiger partial charge in [0.15, 0.2) is 11.6 Å². The van der Waals surface area contributed by atoms with Gasteiger partial charge < -0.3 is 11.1 Å². The molecule has 3 N–H and O–H groups in total. The van der Waals surface area contributed by atoms with Crippen molar-refractivity contribution in [2.24, 2.45) is 5.73 Å². The lowest BCUT2D eigenvalue weighted by Crippen LogP contribution is -2.31. The molecule has 1 aromatic rings. The summed E-state index contributed by atoms with van der Waals surface area (Å²) in [5.74, 6) is -1.99. The van der Waals surface area contributed by atoms with Crippen LogP contribution in [0.25, 0.3) is 0 Å². The van der Waals surface area contributed by atoms with Gasteiger partial charge in [-0.3, -0.25) is 4.79 Å². The lowest BCUT2D eigenvalue weighted by molar-refractivity contribution is -0.121. The zero-order chi connectivity index (χ0) is 13.5. The van der Waals surface area contributed by atoms with Crippen LogP contribution in [0.3, 0.4) is 0 Å². The van der Waals surface area contributed by atoms with Gasteiger partial charge in [-0.25, -0.2) is 8.78 Å². The normalized spacial score (nSPS) is 12.2. The Morgan fingerprint density at radius 1 is 1.39 bits per heavy atom. The Labute approximate surface area is 105 Å². The van der Waals surface area contributed by atoms with Crippen molar-refractivity contribution in [3.8, 4) is 0 Å². The van der Waals surface area contributed by atoms with Crippen LogP contribution in [0.5, 0.6) is 0 Å². The number of nitrogens with two attached hydrogens (primary N) is 1. The van der Waals surface area contributed by atoms with E-state index < -0.39 is 11.6 Å². The Balaban J connectivity index is 2.40. The summed E-state index contributed by atoms with van der Waals surface area (Å²) in [6, 6.07) is 3.39. The third-order valence-electron chi connectivity index (χ3n) is 2.58. The molecule has 3 nitrogen and oxygen atoms in total. The lowest BCUT2D eigenvalue weighted by atomic mass is 10.1. The summed E-state index contributed by atoms with van der Waals surface area (Å²) in [5, 5.41) is 2.63. The molecule has 1 amide bonds. The first-order valence-electron chi connectivity index (χ1n) is 5.99. The number of carbonyl (C=O) groups excluding carboxylic acids is 1. The van der Waals surface area contributed by atoms with Crippen molar-refractivity contribution >= 4 is 5.91 Å². The van der Waals surface area contributed by atoms with Crippen LogP contribution in [0.4, 0.5) is 8.78 Å². The first kappa shape index (κ1) is 14.6. The SMILES string of the molecule is CCCC(N)CC(=O)NCc1ccc(F)c(F)c1. The molecule has 0 aliphatic carbocycles. The largest absolute Gasteiger partial charge is 0.352 e. The second kappa shape index (κ2) is 7.06. The fourth-order valence-corrected chi connectivity index (χ4v) is 1.63. The maximum absolute atomic E-state index is 12.9. The molecule has 1 atom stereocenters. The van der Waals surface area contributed by atoms with Gasteiger partial charge in [0.05, 0.1) is 0 Å². The van der Waals surface area contributed by atoms with Gasteiger partial charge in [0.25, 0.3) is 0 Å². The summed E-state index contributed by atoms with van der Waals surface area (Å²) in [7, 11) is 0. The van der Waals surface area contributed by atoms with Gasteiger partial charge in [0.1, 0.15) is 0 Å². The summed E-state index contributed by atoms with van der Waals surface area (Å²) in [4.78, 5) is 11.5. The molecule has 1 rings (SSSR count). The van der Waals surface area contributed by atoms with Crippen molar-refractivity contribution in [1.29, 1.82) is 0 Å². The number of hydrogen-bond acceptors (Lipinski definition) is 2. The zero-order valence-electron chi connectivity index (χ0n) is 10.4.